The van der Waals surface area contributed by atoms with Gasteiger partial charge in [-0.05, 0) is 39.0 Å². The number of rotatable bonds is 3. The maximum absolute atomic E-state index is 11.9. The average Bonchev–Trinajstić information content (AvgIpc) is 2.61. The van der Waals surface area contributed by atoms with Gasteiger partial charge in [-0.15, -0.1) is 0 Å². The summed E-state index contributed by atoms with van der Waals surface area (Å²) in [5, 5.41) is 0. The Hall–Kier alpha value is -0.770. The molecule has 1 aliphatic heterocycles. The van der Waals surface area contributed by atoms with Crippen LogP contribution in [0.15, 0.2) is 0 Å². The van der Waals surface area contributed by atoms with E-state index in [9.17, 15) is 4.79 Å². The van der Waals surface area contributed by atoms with Gasteiger partial charge in [0.05, 0.1) is 12.6 Å². The van der Waals surface area contributed by atoms with Crippen molar-refractivity contribution in [1.29, 1.82) is 0 Å². The largest absolute Gasteiger partial charge is 0.444 e. The average molecular weight is 271 g/mol. The Morgan fingerprint density at radius 2 is 1.84 bits per heavy atom. The molecule has 0 aliphatic carbocycles. The highest BCUT2D eigenvalue weighted by molar-refractivity contribution is 5.68. The lowest BCUT2D eigenvalue weighted by molar-refractivity contribution is 0.0179. The van der Waals surface area contributed by atoms with Crippen LogP contribution in [-0.2, 0) is 9.47 Å². The van der Waals surface area contributed by atoms with Gasteiger partial charge in [0.25, 0.3) is 0 Å². The number of carbonyl (C=O) groups excluding carboxylic acids is 1. The van der Waals surface area contributed by atoms with Crippen LogP contribution in [0.5, 0.6) is 0 Å². The molecule has 1 heterocycles. The minimum atomic E-state index is -0.428. The van der Waals surface area contributed by atoms with Gasteiger partial charge in [-0.2, -0.15) is 0 Å². The number of ether oxygens (including phenoxy) is 2. The van der Waals surface area contributed by atoms with Crippen molar-refractivity contribution >= 4 is 6.09 Å². The molecular formula is C15H29NO3. The second kappa shape index (κ2) is 6.12. The Kier molecular flexibility index (Phi) is 5.25. The second-order valence-electron chi connectivity index (χ2n) is 7.52. The zero-order valence-electron chi connectivity index (χ0n) is 13.3. The van der Waals surface area contributed by atoms with Crippen LogP contribution in [0.1, 0.15) is 54.4 Å². The summed E-state index contributed by atoms with van der Waals surface area (Å²) in [5.74, 6) is 0. The molecule has 1 saturated heterocycles. The fourth-order valence-corrected chi connectivity index (χ4v) is 1.89. The van der Waals surface area contributed by atoms with Crippen LogP contribution < -0.4 is 0 Å². The SMILES string of the molecule is CC(C)(C)CCO[C@H]1CCN(C(=O)OC(C)(C)C)C1. The molecule has 0 spiro atoms. The van der Waals surface area contributed by atoms with E-state index in [0.717, 1.165) is 26.0 Å². The lowest BCUT2D eigenvalue weighted by atomic mass is 9.93. The molecule has 1 amide bonds. The van der Waals surface area contributed by atoms with E-state index < -0.39 is 5.60 Å². The predicted octanol–water partition coefficient (Wildman–Crippen LogP) is 3.45. The van der Waals surface area contributed by atoms with Crippen LogP contribution in [0, 0.1) is 5.41 Å². The molecule has 1 atom stereocenters. The molecule has 0 unspecified atom stereocenters. The molecule has 1 rings (SSSR count). The first-order chi connectivity index (χ1) is 8.57. The van der Waals surface area contributed by atoms with Crippen molar-refractivity contribution in [2.24, 2.45) is 5.41 Å². The molecule has 1 fully saturated rings. The summed E-state index contributed by atoms with van der Waals surface area (Å²) in [4.78, 5) is 13.6. The first-order valence-electron chi connectivity index (χ1n) is 7.16. The Balaban J connectivity index is 2.28. The molecule has 4 heteroatoms. The highest BCUT2D eigenvalue weighted by Gasteiger charge is 2.30. The molecule has 0 aromatic rings. The van der Waals surface area contributed by atoms with Crippen molar-refractivity contribution in [1.82, 2.24) is 4.90 Å². The maximum Gasteiger partial charge on any atom is 0.410 e. The van der Waals surface area contributed by atoms with Gasteiger partial charge in [0, 0.05) is 13.2 Å². The lowest BCUT2D eigenvalue weighted by Gasteiger charge is -2.24. The van der Waals surface area contributed by atoms with E-state index in [1.54, 1.807) is 4.90 Å². The number of nitrogens with zero attached hydrogens (tertiary/aromatic N) is 1. The summed E-state index contributed by atoms with van der Waals surface area (Å²) in [6, 6.07) is 0. The molecule has 0 aromatic heterocycles. The number of amides is 1. The Morgan fingerprint density at radius 1 is 1.21 bits per heavy atom. The van der Waals surface area contributed by atoms with Crippen molar-refractivity contribution in [2.45, 2.75) is 66.1 Å². The van der Waals surface area contributed by atoms with E-state index in [0.29, 0.717) is 12.0 Å². The Morgan fingerprint density at radius 3 is 2.37 bits per heavy atom. The van der Waals surface area contributed by atoms with Crippen LogP contribution in [-0.4, -0.2) is 42.4 Å². The van der Waals surface area contributed by atoms with E-state index in [1.165, 1.54) is 0 Å². The summed E-state index contributed by atoms with van der Waals surface area (Å²) >= 11 is 0. The minimum Gasteiger partial charge on any atom is -0.444 e. The third kappa shape index (κ3) is 6.81. The van der Waals surface area contributed by atoms with Crippen LogP contribution in [0.4, 0.5) is 4.79 Å². The van der Waals surface area contributed by atoms with Crippen molar-refractivity contribution in [3.05, 3.63) is 0 Å². The highest BCUT2D eigenvalue weighted by atomic mass is 16.6. The van der Waals surface area contributed by atoms with Gasteiger partial charge in [-0.1, -0.05) is 20.8 Å². The number of carbonyl (C=O) groups is 1. The monoisotopic (exact) mass is 271 g/mol. The zero-order valence-corrected chi connectivity index (χ0v) is 13.3. The number of likely N-dealkylation sites (tertiary alicyclic amines) is 1. The second-order valence-corrected chi connectivity index (χ2v) is 7.52. The lowest BCUT2D eigenvalue weighted by Crippen LogP contribution is -2.36. The normalized spacial score (nSPS) is 20.7. The van der Waals surface area contributed by atoms with Gasteiger partial charge in [0.2, 0.25) is 0 Å². The maximum atomic E-state index is 11.9. The first-order valence-corrected chi connectivity index (χ1v) is 7.16. The third-order valence-electron chi connectivity index (χ3n) is 3.00. The summed E-state index contributed by atoms with van der Waals surface area (Å²) in [6.07, 6.45) is 1.88. The van der Waals surface area contributed by atoms with Crippen LogP contribution in [0.25, 0.3) is 0 Å². The molecule has 4 nitrogen and oxygen atoms in total. The molecule has 1 aliphatic rings. The zero-order chi connectivity index (χ0) is 14.7. The van der Waals surface area contributed by atoms with E-state index >= 15 is 0 Å². The third-order valence-corrected chi connectivity index (χ3v) is 3.00. The highest BCUT2D eigenvalue weighted by Crippen LogP contribution is 2.21. The smallest absolute Gasteiger partial charge is 0.410 e. The first kappa shape index (κ1) is 16.3. The Labute approximate surface area is 117 Å². The fraction of sp³-hybridized carbons (Fsp3) is 0.933. The number of hydrogen-bond acceptors (Lipinski definition) is 3. The van der Waals surface area contributed by atoms with E-state index in [1.807, 2.05) is 20.8 Å². The summed E-state index contributed by atoms with van der Waals surface area (Å²) in [7, 11) is 0. The van der Waals surface area contributed by atoms with Crippen molar-refractivity contribution < 1.29 is 14.3 Å². The molecule has 112 valence electrons. The van der Waals surface area contributed by atoms with Crippen LogP contribution >= 0.6 is 0 Å². The fourth-order valence-electron chi connectivity index (χ4n) is 1.89. The summed E-state index contributed by atoms with van der Waals surface area (Å²) in [5.41, 5.74) is -0.133. The molecule has 19 heavy (non-hydrogen) atoms. The summed E-state index contributed by atoms with van der Waals surface area (Å²) in [6.45, 7) is 14.4. The van der Waals surface area contributed by atoms with E-state index in [-0.39, 0.29) is 12.2 Å². The van der Waals surface area contributed by atoms with Gasteiger partial charge >= 0.3 is 6.09 Å². The van der Waals surface area contributed by atoms with Crippen molar-refractivity contribution in [3.63, 3.8) is 0 Å². The standard InChI is InChI=1S/C15H29NO3/c1-14(2,3)8-10-18-12-7-9-16(11-12)13(17)19-15(4,5)6/h12H,7-11H2,1-6H3/t12-/m0/s1. The van der Waals surface area contributed by atoms with E-state index in [4.69, 9.17) is 9.47 Å². The quantitative estimate of drug-likeness (QED) is 0.789. The van der Waals surface area contributed by atoms with Crippen molar-refractivity contribution in [2.75, 3.05) is 19.7 Å². The van der Waals surface area contributed by atoms with Gasteiger partial charge in [-0.25, -0.2) is 4.79 Å². The van der Waals surface area contributed by atoms with Gasteiger partial charge in [-0.3, -0.25) is 0 Å². The van der Waals surface area contributed by atoms with Gasteiger partial charge in [0.1, 0.15) is 5.60 Å². The molecule has 0 bridgehead atoms. The summed E-state index contributed by atoms with van der Waals surface area (Å²) < 4.78 is 11.2. The van der Waals surface area contributed by atoms with Gasteiger partial charge in [0.15, 0.2) is 0 Å². The molecular weight excluding hydrogens is 242 g/mol. The van der Waals surface area contributed by atoms with E-state index in [2.05, 4.69) is 20.8 Å². The molecule has 0 N–H and O–H groups in total. The molecule has 0 aromatic carbocycles. The van der Waals surface area contributed by atoms with Crippen molar-refractivity contribution in [3.8, 4) is 0 Å². The van der Waals surface area contributed by atoms with Gasteiger partial charge < -0.3 is 14.4 Å². The molecule has 0 radical (unpaired) electrons. The minimum absolute atomic E-state index is 0.162. The molecule has 0 saturated carbocycles. The number of hydrogen-bond donors (Lipinski definition) is 0. The topological polar surface area (TPSA) is 38.8 Å². The van der Waals surface area contributed by atoms with Crippen LogP contribution in [0.2, 0.25) is 0 Å². The predicted molar refractivity (Wildman–Crippen MR) is 76.2 cm³/mol. The van der Waals surface area contributed by atoms with Crippen LogP contribution in [0.3, 0.4) is 0 Å². The Bertz CT molecular complexity index is 301.